The lowest BCUT2D eigenvalue weighted by Crippen LogP contribution is -2.58. The van der Waals surface area contributed by atoms with Crippen LogP contribution in [0.1, 0.15) is 31.2 Å². The second-order valence-electron chi connectivity index (χ2n) is 8.69. The number of carbonyl (C=O) groups is 2. The van der Waals surface area contributed by atoms with Gasteiger partial charge in [-0.25, -0.2) is 0 Å². The summed E-state index contributed by atoms with van der Waals surface area (Å²) < 4.78 is 0. The molecule has 1 aromatic carbocycles. The van der Waals surface area contributed by atoms with Crippen molar-refractivity contribution in [2.75, 3.05) is 53.4 Å². The first-order valence-corrected chi connectivity index (χ1v) is 11.2. The van der Waals surface area contributed by atoms with E-state index in [0.717, 1.165) is 38.0 Å². The van der Waals surface area contributed by atoms with Crippen LogP contribution >= 0.6 is 0 Å². The number of hydrogen-bond donors (Lipinski definition) is 1. The first-order valence-electron chi connectivity index (χ1n) is 11.2. The zero-order chi connectivity index (χ0) is 21.3. The molecule has 1 unspecified atom stereocenters. The number of amides is 2. The molecule has 2 aliphatic rings. The Kier molecular flexibility index (Phi) is 8.46. The number of rotatable bonds is 8. The molecular weight excluding hydrogens is 376 g/mol. The molecule has 6 nitrogen and oxygen atoms in total. The number of piperazine rings is 1. The van der Waals surface area contributed by atoms with Crippen molar-refractivity contribution >= 4 is 17.9 Å². The summed E-state index contributed by atoms with van der Waals surface area (Å²) in [5.74, 6) is 0.642. The van der Waals surface area contributed by atoms with Crippen LogP contribution in [0.2, 0.25) is 0 Å². The molecule has 1 aliphatic heterocycles. The summed E-state index contributed by atoms with van der Waals surface area (Å²) in [5.41, 5.74) is 1.03. The van der Waals surface area contributed by atoms with Gasteiger partial charge in [0.1, 0.15) is 0 Å². The first kappa shape index (κ1) is 22.5. The molecule has 1 atom stereocenters. The third-order valence-corrected chi connectivity index (χ3v) is 6.21. The minimum absolute atomic E-state index is 0.0475. The Labute approximate surface area is 180 Å². The first-order chi connectivity index (χ1) is 14.5. The van der Waals surface area contributed by atoms with Crippen LogP contribution in [0.5, 0.6) is 0 Å². The zero-order valence-corrected chi connectivity index (χ0v) is 18.4. The van der Waals surface area contributed by atoms with Crippen molar-refractivity contribution in [2.45, 2.75) is 31.7 Å². The van der Waals surface area contributed by atoms with Gasteiger partial charge in [0.2, 0.25) is 11.8 Å². The fourth-order valence-electron chi connectivity index (χ4n) is 4.52. The van der Waals surface area contributed by atoms with Gasteiger partial charge in [-0.1, -0.05) is 43.2 Å². The van der Waals surface area contributed by atoms with Gasteiger partial charge >= 0.3 is 0 Å². The maximum absolute atomic E-state index is 13.0. The maximum atomic E-state index is 13.0. The summed E-state index contributed by atoms with van der Waals surface area (Å²) in [5, 5.41) is 3.15. The Balaban J connectivity index is 1.55. The lowest BCUT2D eigenvalue weighted by Gasteiger charge is -2.40. The molecule has 1 saturated heterocycles. The Bertz CT molecular complexity index is 705. The SMILES string of the molecule is CN(C)CCNC(=O)C(C1CCCC1)N1CCN(C(=O)/C=C/c2ccccc2)CC1. The molecule has 1 N–H and O–H groups in total. The third kappa shape index (κ3) is 6.41. The van der Waals surface area contributed by atoms with E-state index in [0.29, 0.717) is 25.6 Å². The van der Waals surface area contributed by atoms with Gasteiger partial charge in [0.05, 0.1) is 6.04 Å². The molecule has 1 aromatic rings. The van der Waals surface area contributed by atoms with Gasteiger partial charge in [-0.15, -0.1) is 0 Å². The number of carbonyl (C=O) groups excluding carboxylic acids is 2. The van der Waals surface area contributed by atoms with Gasteiger partial charge in [0.25, 0.3) is 0 Å². The molecule has 1 saturated carbocycles. The fourth-order valence-corrected chi connectivity index (χ4v) is 4.52. The second kappa shape index (κ2) is 11.3. The lowest BCUT2D eigenvalue weighted by atomic mass is 9.95. The van der Waals surface area contributed by atoms with Gasteiger partial charge in [0.15, 0.2) is 0 Å². The van der Waals surface area contributed by atoms with Gasteiger partial charge in [0, 0.05) is 45.3 Å². The molecule has 0 spiro atoms. The normalized spacial score (nSPS) is 19.5. The van der Waals surface area contributed by atoms with Crippen LogP contribution in [0.3, 0.4) is 0 Å². The molecule has 1 heterocycles. The Morgan fingerprint density at radius 1 is 1.10 bits per heavy atom. The highest BCUT2D eigenvalue weighted by molar-refractivity contribution is 5.91. The molecule has 0 aromatic heterocycles. The number of nitrogens with zero attached hydrogens (tertiary/aromatic N) is 3. The second-order valence-corrected chi connectivity index (χ2v) is 8.69. The van der Waals surface area contributed by atoms with Crippen molar-refractivity contribution in [1.29, 1.82) is 0 Å². The fraction of sp³-hybridized carbons (Fsp3) is 0.583. The Morgan fingerprint density at radius 2 is 1.77 bits per heavy atom. The van der Waals surface area contributed by atoms with E-state index in [-0.39, 0.29) is 17.9 Å². The molecule has 0 bridgehead atoms. The minimum atomic E-state index is -0.0632. The summed E-state index contributed by atoms with van der Waals surface area (Å²) in [6.45, 7) is 4.38. The highest BCUT2D eigenvalue weighted by atomic mass is 16.2. The molecule has 2 amide bonds. The predicted molar refractivity (Wildman–Crippen MR) is 121 cm³/mol. The molecule has 164 valence electrons. The third-order valence-electron chi connectivity index (χ3n) is 6.21. The van der Waals surface area contributed by atoms with E-state index in [2.05, 4.69) is 15.1 Å². The van der Waals surface area contributed by atoms with Crippen LogP contribution in [0.15, 0.2) is 36.4 Å². The van der Waals surface area contributed by atoms with Gasteiger partial charge < -0.3 is 15.1 Å². The lowest BCUT2D eigenvalue weighted by molar-refractivity contribution is -0.132. The van der Waals surface area contributed by atoms with Crippen LogP contribution in [-0.2, 0) is 9.59 Å². The Morgan fingerprint density at radius 3 is 2.40 bits per heavy atom. The highest BCUT2D eigenvalue weighted by Gasteiger charge is 2.36. The van der Waals surface area contributed by atoms with Gasteiger partial charge in [-0.3, -0.25) is 14.5 Å². The quantitative estimate of drug-likeness (QED) is 0.665. The molecular formula is C24H36N4O2. The van der Waals surface area contributed by atoms with E-state index in [1.165, 1.54) is 12.8 Å². The maximum Gasteiger partial charge on any atom is 0.246 e. The molecule has 1 aliphatic carbocycles. The van der Waals surface area contributed by atoms with Crippen LogP contribution in [0.4, 0.5) is 0 Å². The number of benzene rings is 1. The minimum Gasteiger partial charge on any atom is -0.353 e. The van der Waals surface area contributed by atoms with E-state index in [1.807, 2.05) is 55.4 Å². The summed E-state index contributed by atoms with van der Waals surface area (Å²) in [6.07, 6.45) is 8.22. The summed E-state index contributed by atoms with van der Waals surface area (Å²) in [6, 6.07) is 9.82. The van der Waals surface area contributed by atoms with Crippen LogP contribution in [-0.4, -0.2) is 85.9 Å². The predicted octanol–water partition coefficient (Wildman–Crippen LogP) is 2.08. The van der Waals surface area contributed by atoms with Gasteiger partial charge in [-0.05, 0) is 44.5 Å². The highest BCUT2D eigenvalue weighted by Crippen LogP contribution is 2.31. The average Bonchev–Trinajstić information content (AvgIpc) is 3.27. The number of hydrogen-bond acceptors (Lipinski definition) is 4. The van der Waals surface area contributed by atoms with Crippen LogP contribution in [0, 0.1) is 5.92 Å². The molecule has 6 heteroatoms. The topological polar surface area (TPSA) is 55.9 Å². The smallest absolute Gasteiger partial charge is 0.246 e. The standard InChI is InChI=1S/C24H36N4O2/c1-26(2)15-14-25-24(30)23(21-10-6-7-11-21)28-18-16-27(17-19-28)22(29)13-12-20-8-4-3-5-9-20/h3-5,8-9,12-13,21,23H,6-7,10-11,14-19H2,1-2H3,(H,25,30)/b13-12+. The van der Waals surface area contributed by atoms with Crippen molar-refractivity contribution in [2.24, 2.45) is 5.92 Å². The van der Waals surface area contributed by atoms with E-state index >= 15 is 0 Å². The van der Waals surface area contributed by atoms with Gasteiger partial charge in [-0.2, -0.15) is 0 Å². The zero-order valence-electron chi connectivity index (χ0n) is 18.4. The molecule has 30 heavy (non-hydrogen) atoms. The van der Waals surface area contributed by atoms with Crippen molar-refractivity contribution in [1.82, 2.24) is 20.0 Å². The summed E-state index contributed by atoms with van der Waals surface area (Å²) >= 11 is 0. The van der Waals surface area contributed by atoms with Crippen molar-refractivity contribution in [3.63, 3.8) is 0 Å². The number of nitrogens with one attached hydrogen (secondary N) is 1. The van der Waals surface area contributed by atoms with Crippen molar-refractivity contribution < 1.29 is 9.59 Å². The van der Waals surface area contributed by atoms with Crippen LogP contribution < -0.4 is 5.32 Å². The summed E-state index contributed by atoms with van der Waals surface area (Å²) in [7, 11) is 4.03. The largest absolute Gasteiger partial charge is 0.353 e. The average molecular weight is 413 g/mol. The van der Waals surface area contributed by atoms with Crippen molar-refractivity contribution in [3.05, 3.63) is 42.0 Å². The van der Waals surface area contributed by atoms with E-state index in [4.69, 9.17) is 0 Å². The van der Waals surface area contributed by atoms with Crippen LogP contribution in [0.25, 0.3) is 6.08 Å². The monoisotopic (exact) mass is 412 g/mol. The van der Waals surface area contributed by atoms with E-state index < -0.39 is 0 Å². The van der Waals surface area contributed by atoms with E-state index in [9.17, 15) is 9.59 Å². The van der Waals surface area contributed by atoms with Crippen molar-refractivity contribution in [3.8, 4) is 0 Å². The molecule has 0 radical (unpaired) electrons. The Hall–Kier alpha value is -2.18. The molecule has 2 fully saturated rings. The number of likely N-dealkylation sites (N-methyl/N-ethyl adjacent to an activating group) is 1. The van der Waals surface area contributed by atoms with E-state index in [1.54, 1.807) is 6.08 Å². The molecule has 3 rings (SSSR count). The summed E-state index contributed by atoms with van der Waals surface area (Å²) in [4.78, 5) is 31.9.